The van der Waals surface area contributed by atoms with Crippen molar-refractivity contribution in [3.63, 3.8) is 0 Å². The van der Waals surface area contributed by atoms with Crippen molar-refractivity contribution in [3.8, 4) is 0 Å². The molecule has 0 radical (unpaired) electrons. The van der Waals surface area contributed by atoms with E-state index < -0.39 is 0 Å². The van der Waals surface area contributed by atoms with E-state index in [0.29, 0.717) is 25.3 Å². The third-order valence-electron chi connectivity index (χ3n) is 3.35. The first-order valence-corrected chi connectivity index (χ1v) is 8.54. The molecule has 1 saturated heterocycles. The van der Waals surface area contributed by atoms with E-state index in [9.17, 15) is 9.90 Å². The minimum absolute atomic E-state index is 0.177. The lowest BCUT2D eigenvalue weighted by molar-refractivity contribution is -0.131. The first-order valence-electron chi connectivity index (χ1n) is 6.51. The Morgan fingerprint density at radius 3 is 3.11 bits per heavy atom. The van der Waals surface area contributed by atoms with E-state index >= 15 is 0 Å². The Morgan fingerprint density at radius 2 is 2.47 bits per heavy atom. The van der Waals surface area contributed by atoms with E-state index in [-0.39, 0.29) is 17.9 Å². The van der Waals surface area contributed by atoms with Gasteiger partial charge in [-0.2, -0.15) is 0 Å². The lowest BCUT2D eigenvalue weighted by Crippen LogP contribution is -2.45. The molecule has 1 N–H and O–H groups in total. The highest BCUT2D eigenvalue weighted by molar-refractivity contribution is 7.99. The zero-order valence-corrected chi connectivity index (χ0v) is 13.0. The number of aryl methyl sites for hydroxylation is 1. The number of likely N-dealkylation sites (tertiary alicyclic amines) is 1. The van der Waals surface area contributed by atoms with Gasteiger partial charge in [-0.3, -0.25) is 4.79 Å². The molecule has 6 heteroatoms. The third-order valence-corrected chi connectivity index (χ3v) is 5.13. The van der Waals surface area contributed by atoms with Crippen LogP contribution in [-0.2, 0) is 10.5 Å². The topological polar surface area (TPSA) is 53.4 Å². The summed E-state index contributed by atoms with van der Waals surface area (Å²) >= 11 is 3.26. The molecule has 0 bridgehead atoms. The number of hydrogen-bond acceptors (Lipinski definition) is 5. The number of amides is 1. The number of piperidine rings is 1. The molecule has 2 unspecified atom stereocenters. The van der Waals surface area contributed by atoms with Crippen LogP contribution >= 0.6 is 23.1 Å². The maximum atomic E-state index is 12.1. The molecule has 1 aromatic rings. The second-order valence-electron chi connectivity index (χ2n) is 5.02. The quantitative estimate of drug-likeness (QED) is 0.923. The van der Waals surface area contributed by atoms with E-state index in [0.717, 1.165) is 16.5 Å². The minimum Gasteiger partial charge on any atom is -0.393 e. The van der Waals surface area contributed by atoms with Crippen molar-refractivity contribution in [2.75, 3.05) is 18.8 Å². The zero-order valence-electron chi connectivity index (χ0n) is 11.3. The molecule has 0 saturated carbocycles. The van der Waals surface area contributed by atoms with Gasteiger partial charge in [0, 0.05) is 24.2 Å². The summed E-state index contributed by atoms with van der Waals surface area (Å²) in [5.74, 6) is 1.65. The first-order chi connectivity index (χ1) is 9.06. The number of aliphatic hydroxyl groups excluding tert-OH is 1. The van der Waals surface area contributed by atoms with E-state index in [1.54, 1.807) is 23.1 Å². The molecule has 2 heterocycles. The standard InChI is InChI=1S/C13H20N2O2S2/c1-9-5-15(4-3-12(9)16)13(17)8-18-6-11-7-19-10(2)14-11/h7,9,12,16H,3-6,8H2,1-2H3. The number of hydrogen-bond donors (Lipinski definition) is 1. The minimum atomic E-state index is -0.255. The molecule has 2 rings (SSSR count). The van der Waals surface area contributed by atoms with Crippen LogP contribution in [0.5, 0.6) is 0 Å². The normalized spacial score (nSPS) is 23.6. The molecule has 0 spiro atoms. The molecule has 1 amide bonds. The summed E-state index contributed by atoms with van der Waals surface area (Å²) in [6.45, 7) is 5.34. The van der Waals surface area contributed by atoms with Crippen LogP contribution in [0.25, 0.3) is 0 Å². The summed E-state index contributed by atoms with van der Waals surface area (Å²) in [6, 6.07) is 0. The molecule has 1 aliphatic rings. The number of aliphatic hydroxyl groups is 1. The van der Waals surface area contributed by atoms with Gasteiger partial charge < -0.3 is 10.0 Å². The molecular formula is C13H20N2O2S2. The lowest BCUT2D eigenvalue weighted by Gasteiger charge is -2.34. The molecular weight excluding hydrogens is 280 g/mol. The number of carbonyl (C=O) groups is 1. The molecule has 1 fully saturated rings. The van der Waals surface area contributed by atoms with Gasteiger partial charge in [-0.05, 0) is 19.3 Å². The highest BCUT2D eigenvalue weighted by Gasteiger charge is 2.26. The fourth-order valence-corrected chi connectivity index (χ4v) is 3.70. The molecule has 19 heavy (non-hydrogen) atoms. The summed E-state index contributed by atoms with van der Waals surface area (Å²) in [5, 5.41) is 12.8. The third kappa shape index (κ3) is 4.19. The van der Waals surface area contributed by atoms with Crippen molar-refractivity contribution < 1.29 is 9.90 Å². The van der Waals surface area contributed by atoms with Crippen LogP contribution in [0, 0.1) is 12.8 Å². The summed E-state index contributed by atoms with van der Waals surface area (Å²) in [5.41, 5.74) is 1.06. The summed E-state index contributed by atoms with van der Waals surface area (Å²) < 4.78 is 0. The number of rotatable bonds is 4. The van der Waals surface area contributed by atoms with Crippen LogP contribution in [0.15, 0.2) is 5.38 Å². The number of thiazole rings is 1. The Labute approximate surface area is 122 Å². The monoisotopic (exact) mass is 300 g/mol. The molecule has 2 atom stereocenters. The number of aromatic nitrogens is 1. The largest absolute Gasteiger partial charge is 0.393 e. The summed E-state index contributed by atoms with van der Waals surface area (Å²) in [7, 11) is 0. The van der Waals surface area contributed by atoms with Gasteiger partial charge in [-0.25, -0.2) is 4.98 Å². The summed E-state index contributed by atoms with van der Waals surface area (Å²) in [6.07, 6.45) is 0.442. The Morgan fingerprint density at radius 1 is 1.68 bits per heavy atom. The van der Waals surface area contributed by atoms with Gasteiger partial charge in [0.15, 0.2) is 0 Å². The van der Waals surface area contributed by atoms with Crippen molar-refractivity contribution in [2.45, 2.75) is 32.1 Å². The fraction of sp³-hybridized carbons (Fsp3) is 0.692. The van der Waals surface area contributed by atoms with E-state index in [2.05, 4.69) is 4.98 Å². The highest BCUT2D eigenvalue weighted by atomic mass is 32.2. The zero-order chi connectivity index (χ0) is 13.8. The van der Waals surface area contributed by atoms with Gasteiger partial charge in [0.1, 0.15) is 0 Å². The predicted molar refractivity (Wildman–Crippen MR) is 79.4 cm³/mol. The van der Waals surface area contributed by atoms with Crippen molar-refractivity contribution in [1.29, 1.82) is 0 Å². The Balaban J connectivity index is 1.72. The van der Waals surface area contributed by atoms with Gasteiger partial charge in [0.2, 0.25) is 5.91 Å². The van der Waals surface area contributed by atoms with Crippen LogP contribution in [0.2, 0.25) is 0 Å². The molecule has 4 nitrogen and oxygen atoms in total. The van der Waals surface area contributed by atoms with Crippen molar-refractivity contribution in [3.05, 3.63) is 16.1 Å². The number of thioether (sulfide) groups is 1. The Hall–Kier alpha value is -0.590. The average molecular weight is 300 g/mol. The number of carbonyl (C=O) groups excluding carboxylic acids is 1. The van der Waals surface area contributed by atoms with E-state index in [1.165, 1.54) is 0 Å². The van der Waals surface area contributed by atoms with E-state index in [4.69, 9.17) is 0 Å². The van der Waals surface area contributed by atoms with Gasteiger partial charge in [-0.15, -0.1) is 23.1 Å². The predicted octanol–water partition coefficient (Wildman–Crippen LogP) is 1.91. The molecule has 1 aliphatic heterocycles. The smallest absolute Gasteiger partial charge is 0.232 e. The highest BCUT2D eigenvalue weighted by Crippen LogP contribution is 2.19. The van der Waals surface area contributed by atoms with Gasteiger partial charge in [0.05, 0.1) is 22.6 Å². The van der Waals surface area contributed by atoms with Crippen LogP contribution in [0.1, 0.15) is 24.0 Å². The average Bonchev–Trinajstić information content (AvgIpc) is 2.78. The van der Waals surface area contributed by atoms with Crippen LogP contribution in [-0.4, -0.2) is 45.8 Å². The molecule has 0 aromatic carbocycles. The number of nitrogens with zero attached hydrogens (tertiary/aromatic N) is 2. The summed E-state index contributed by atoms with van der Waals surface area (Å²) in [4.78, 5) is 18.3. The molecule has 106 valence electrons. The van der Waals surface area contributed by atoms with Gasteiger partial charge >= 0.3 is 0 Å². The van der Waals surface area contributed by atoms with E-state index in [1.807, 2.05) is 24.1 Å². The molecule has 1 aromatic heterocycles. The van der Waals surface area contributed by atoms with Gasteiger partial charge in [0.25, 0.3) is 0 Å². The molecule has 0 aliphatic carbocycles. The Kier molecular flexibility index (Phi) is 5.24. The maximum Gasteiger partial charge on any atom is 0.232 e. The first kappa shape index (κ1) is 14.8. The van der Waals surface area contributed by atoms with Crippen LogP contribution in [0.4, 0.5) is 0 Å². The van der Waals surface area contributed by atoms with Crippen molar-refractivity contribution in [2.24, 2.45) is 5.92 Å². The van der Waals surface area contributed by atoms with Crippen LogP contribution < -0.4 is 0 Å². The second-order valence-corrected chi connectivity index (χ2v) is 7.07. The van der Waals surface area contributed by atoms with Crippen molar-refractivity contribution in [1.82, 2.24) is 9.88 Å². The maximum absolute atomic E-state index is 12.1. The fourth-order valence-electron chi connectivity index (χ4n) is 2.17. The Bertz CT molecular complexity index is 436. The van der Waals surface area contributed by atoms with Crippen molar-refractivity contribution >= 4 is 29.0 Å². The second kappa shape index (κ2) is 6.72. The SMILES string of the molecule is Cc1nc(CSCC(=O)N2CCC(O)C(C)C2)cs1. The van der Waals surface area contributed by atoms with Crippen LogP contribution in [0.3, 0.4) is 0 Å². The lowest BCUT2D eigenvalue weighted by atomic mass is 9.97. The van der Waals surface area contributed by atoms with Gasteiger partial charge in [-0.1, -0.05) is 6.92 Å².